The van der Waals surface area contributed by atoms with Crippen LogP contribution in [0, 0.1) is 0 Å². The van der Waals surface area contributed by atoms with Gasteiger partial charge in [0.05, 0.1) is 5.60 Å². The molecule has 2 aromatic carbocycles. The minimum Gasteiger partial charge on any atom is -0.385 e. The van der Waals surface area contributed by atoms with Crippen molar-refractivity contribution in [3.8, 4) is 0 Å². The molecule has 0 bridgehead atoms. The van der Waals surface area contributed by atoms with Gasteiger partial charge in [0.25, 0.3) is 0 Å². The van der Waals surface area contributed by atoms with Crippen LogP contribution in [0.1, 0.15) is 37.9 Å². The number of hydrogen-bond donors (Lipinski definition) is 1. The third-order valence-electron chi connectivity index (χ3n) is 4.20. The summed E-state index contributed by atoms with van der Waals surface area (Å²) in [5, 5.41) is 13.1. The van der Waals surface area contributed by atoms with Crippen LogP contribution in [0.4, 0.5) is 0 Å². The summed E-state index contributed by atoms with van der Waals surface area (Å²) in [5.74, 6) is 0. The van der Waals surface area contributed by atoms with Gasteiger partial charge in [0.15, 0.2) is 0 Å². The molecule has 1 fully saturated rings. The maximum atomic E-state index is 10.8. The summed E-state index contributed by atoms with van der Waals surface area (Å²) in [6.07, 6.45) is 2.56. The maximum Gasteiger partial charge on any atom is 0.108 e. The van der Waals surface area contributed by atoms with Crippen LogP contribution in [0.5, 0.6) is 0 Å². The fourth-order valence-corrected chi connectivity index (χ4v) is 2.99. The lowest BCUT2D eigenvalue weighted by Gasteiger charge is -2.38. The van der Waals surface area contributed by atoms with Crippen LogP contribution in [0.2, 0.25) is 0 Å². The summed E-state index contributed by atoms with van der Waals surface area (Å²) in [7, 11) is 0. The zero-order chi connectivity index (χ0) is 13.3. The first-order valence-corrected chi connectivity index (χ1v) is 7.00. The number of rotatable bonds is 2. The number of aliphatic hydroxyl groups excluding tert-OH is 1. The molecule has 0 radical (unpaired) electrons. The average Bonchev–Trinajstić information content (AvgIpc) is 2.47. The van der Waals surface area contributed by atoms with Gasteiger partial charge in [-0.1, -0.05) is 42.5 Å². The minimum atomic E-state index is -0.570. The molecule has 100 valence electrons. The van der Waals surface area contributed by atoms with E-state index in [1.165, 1.54) is 5.39 Å². The van der Waals surface area contributed by atoms with Crippen molar-refractivity contribution < 1.29 is 9.84 Å². The lowest BCUT2D eigenvalue weighted by molar-refractivity contribution is -0.137. The summed E-state index contributed by atoms with van der Waals surface area (Å²) in [6, 6.07) is 14.3. The van der Waals surface area contributed by atoms with Crippen molar-refractivity contribution in [3.63, 3.8) is 0 Å². The number of fused-ring (bicyclic) bond motifs is 1. The predicted octanol–water partition coefficient (Wildman–Crippen LogP) is 3.83. The quantitative estimate of drug-likeness (QED) is 0.884. The van der Waals surface area contributed by atoms with Crippen LogP contribution in [0.15, 0.2) is 42.5 Å². The van der Waals surface area contributed by atoms with Crippen molar-refractivity contribution in [1.82, 2.24) is 0 Å². The first-order valence-electron chi connectivity index (χ1n) is 7.00. The van der Waals surface area contributed by atoms with Gasteiger partial charge >= 0.3 is 0 Å². The van der Waals surface area contributed by atoms with Crippen molar-refractivity contribution >= 4 is 10.8 Å². The minimum absolute atomic E-state index is 0.456. The molecular weight excluding hydrogens is 236 g/mol. The molecule has 2 heteroatoms. The molecule has 2 atom stereocenters. The van der Waals surface area contributed by atoms with Crippen LogP contribution < -0.4 is 0 Å². The normalized spacial score (nSPS) is 25.4. The zero-order valence-corrected chi connectivity index (χ0v) is 11.3. The van der Waals surface area contributed by atoms with Crippen molar-refractivity contribution in [1.29, 1.82) is 0 Å². The summed E-state index contributed by atoms with van der Waals surface area (Å²) < 4.78 is 5.88. The van der Waals surface area contributed by atoms with Gasteiger partial charge in [0, 0.05) is 6.61 Å². The molecule has 1 saturated heterocycles. The first kappa shape index (κ1) is 12.6. The Hall–Kier alpha value is -1.38. The molecule has 19 heavy (non-hydrogen) atoms. The van der Waals surface area contributed by atoms with Gasteiger partial charge in [-0.15, -0.1) is 0 Å². The SMILES string of the molecule is CC1(C(O)c2cccc3ccccc23)CCCCO1. The second kappa shape index (κ2) is 4.95. The van der Waals surface area contributed by atoms with Crippen molar-refractivity contribution in [2.75, 3.05) is 6.61 Å². The van der Waals surface area contributed by atoms with Crippen molar-refractivity contribution in [2.45, 2.75) is 37.9 Å². The number of hydrogen-bond acceptors (Lipinski definition) is 2. The van der Waals surface area contributed by atoms with Crippen LogP contribution in [-0.2, 0) is 4.74 Å². The topological polar surface area (TPSA) is 29.5 Å². The highest BCUT2D eigenvalue weighted by Gasteiger charge is 2.37. The van der Waals surface area contributed by atoms with E-state index >= 15 is 0 Å². The zero-order valence-electron chi connectivity index (χ0n) is 11.3. The third-order valence-corrected chi connectivity index (χ3v) is 4.20. The van der Waals surface area contributed by atoms with E-state index in [4.69, 9.17) is 4.74 Å². The van der Waals surface area contributed by atoms with E-state index in [-0.39, 0.29) is 0 Å². The Bertz CT molecular complexity index is 565. The molecule has 2 unspecified atom stereocenters. The molecule has 2 aromatic rings. The van der Waals surface area contributed by atoms with Crippen LogP contribution in [0.25, 0.3) is 10.8 Å². The van der Waals surface area contributed by atoms with Crippen LogP contribution in [0.3, 0.4) is 0 Å². The number of benzene rings is 2. The van der Waals surface area contributed by atoms with Crippen molar-refractivity contribution in [2.24, 2.45) is 0 Å². The van der Waals surface area contributed by atoms with E-state index in [1.54, 1.807) is 0 Å². The van der Waals surface area contributed by atoms with E-state index in [2.05, 4.69) is 18.2 Å². The van der Waals surface area contributed by atoms with Gasteiger partial charge < -0.3 is 9.84 Å². The monoisotopic (exact) mass is 256 g/mol. The Balaban J connectivity index is 2.03. The summed E-state index contributed by atoms with van der Waals surface area (Å²) in [6.45, 7) is 2.77. The molecule has 0 amide bonds. The lowest BCUT2D eigenvalue weighted by Crippen LogP contribution is -2.39. The van der Waals surface area contributed by atoms with Gasteiger partial charge in [-0.25, -0.2) is 0 Å². The largest absolute Gasteiger partial charge is 0.385 e. The molecule has 0 saturated carbocycles. The second-order valence-electron chi connectivity index (χ2n) is 5.59. The van der Waals surface area contributed by atoms with Crippen LogP contribution >= 0.6 is 0 Å². The number of ether oxygens (including phenoxy) is 1. The van der Waals surface area contributed by atoms with Crippen molar-refractivity contribution in [3.05, 3.63) is 48.0 Å². The molecule has 2 nitrogen and oxygen atoms in total. The predicted molar refractivity (Wildman–Crippen MR) is 77.1 cm³/mol. The fourth-order valence-electron chi connectivity index (χ4n) is 2.99. The highest BCUT2D eigenvalue weighted by molar-refractivity contribution is 5.86. The maximum absolute atomic E-state index is 10.8. The summed E-state index contributed by atoms with van der Waals surface area (Å²) in [5.41, 5.74) is 0.519. The molecule has 0 aliphatic carbocycles. The highest BCUT2D eigenvalue weighted by Crippen LogP contribution is 2.38. The molecular formula is C17H20O2. The lowest BCUT2D eigenvalue weighted by atomic mass is 9.84. The van der Waals surface area contributed by atoms with Gasteiger partial charge in [-0.2, -0.15) is 0 Å². The highest BCUT2D eigenvalue weighted by atomic mass is 16.5. The molecule has 0 spiro atoms. The molecule has 1 N–H and O–H groups in total. The van der Waals surface area contributed by atoms with E-state index in [0.29, 0.717) is 0 Å². The fraction of sp³-hybridized carbons (Fsp3) is 0.412. The smallest absolute Gasteiger partial charge is 0.108 e. The Labute approximate surface area is 114 Å². The molecule has 1 aliphatic heterocycles. The molecule has 3 rings (SSSR count). The van der Waals surface area contributed by atoms with Gasteiger partial charge in [0.1, 0.15) is 6.10 Å². The number of aliphatic hydroxyl groups is 1. The van der Waals surface area contributed by atoms with E-state index in [1.807, 2.05) is 31.2 Å². The standard InChI is InChI=1S/C17H20O2/c1-17(11-4-5-12-19-17)16(18)15-10-6-8-13-7-2-3-9-14(13)15/h2-3,6-10,16,18H,4-5,11-12H2,1H3. The summed E-state index contributed by atoms with van der Waals surface area (Å²) >= 11 is 0. The first-order chi connectivity index (χ1) is 9.21. The van der Waals surface area contributed by atoms with E-state index in [9.17, 15) is 5.11 Å². The van der Waals surface area contributed by atoms with Gasteiger partial charge in [-0.05, 0) is 42.5 Å². The molecule has 0 aromatic heterocycles. The summed E-state index contributed by atoms with van der Waals surface area (Å²) in [4.78, 5) is 0. The van der Waals surface area contributed by atoms with Gasteiger partial charge in [-0.3, -0.25) is 0 Å². The Morgan fingerprint density at radius 1 is 1.11 bits per heavy atom. The Kier molecular flexibility index (Phi) is 3.29. The Morgan fingerprint density at radius 2 is 1.89 bits per heavy atom. The van der Waals surface area contributed by atoms with Gasteiger partial charge in [0.2, 0.25) is 0 Å². The second-order valence-corrected chi connectivity index (χ2v) is 5.59. The average molecular weight is 256 g/mol. The Morgan fingerprint density at radius 3 is 2.68 bits per heavy atom. The molecule has 1 aliphatic rings. The van der Waals surface area contributed by atoms with E-state index in [0.717, 1.165) is 36.8 Å². The third kappa shape index (κ3) is 2.26. The molecule has 1 heterocycles. The van der Waals surface area contributed by atoms with E-state index < -0.39 is 11.7 Å². The van der Waals surface area contributed by atoms with Crippen LogP contribution in [-0.4, -0.2) is 17.3 Å².